The van der Waals surface area contributed by atoms with Crippen molar-refractivity contribution in [3.05, 3.63) is 35.9 Å². The van der Waals surface area contributed by atoms with Crippen molar-refractivity contribution in [3.8, 4) is 6.07 Å². The summed E-state index contributed by atoms with van der Waals surface area (Å²) in [7, 11) is 0. The second kappa shape index (κ2) is 7.85. The lowest BCUT2D eigenvalue weighted by molar-refractivity contribution is -0.130. The molecule has 8 heteroatoms. The molecular weight excluding hydrogens is 324 g/mol. The van der Waals surface area contributed by atoms with Gasteiger partial charge in [-0.25, -0.2) is 0 Å². The van der Waals surface area contributed by atoms with E-state index in [4.69, 9.17) is 9.15 Å². The van der Waals surface area contributed by atoms with Crippen LogP contribution in [-0.2, 0) is 9.53 Å². The molecule has 0 aliphatic carbocycles. The number of carbonyl (C=O) groups is 2. The van der Waals surface area contributed by atoms with Gasteiger partial charge in [0.25, 0.3) is 11.8 Å². The minimum atomic E-state index is -0.264. The van der Waals surface area contributed by atoms with Crippen LogP contribution in [0.3, 0.4) is 0 Å². The second-order valence-corrected chi connectivity index (χ2v) is 5.86. The smallest absolute Gasteiger partial charge is 0.289 e. The van der Waals surface area contributed by atoms with Crippen LogP contribution < -0.4 is 0 Å². The molecule has 1 aromatic rings. The average molecular weight is 344 g/mol. The molecular formula is C17H20N4O4. The number of nitrogens with zero attached hydrogens (tertiary/aromatic N) is 4. The Morgan fingerprint density at radius 2 is 1.80 bits per heavy atom. The van der Waals surface area contributed by atoms with Crippen molar-refractivity contribution in [2.75, 3.05) is 52.5 Å². The molecule has 25 heavy (non-hydrogen) atoms. The Morgan fingerprint density at radius 1 is 1.08 bits per heavy atom. The van der Waals surface area contributed by atoms with Gasteiger partial charge < -0.3 is 23.9 Å². The monoisotopic (exact) mass is 344 g/mol. The molecule has 0 spiro atoms. The SMILES string of the molecule is N#C/C(=C/N1CCN(C(=O)c2ccco2)CC1)C(=O)N1CCOCC1. The zero-order valence-electron chi connectivity index (χ0n) is 13.9. The number of hydrogen-bond acceptors (Lipinski definition) is 6. The van der Waals surface area contributed by atoms with E-state index in [9.17, 15) is 14.9 Å². The van der Waals surface area contributed by atoms with Crippen LogP contribution in [0.25, 0.3) is 0 Å². The molecule has 2 amide bonds. The summed E-state index contributed by atoms with van der Waals surface area (Å²) in [5.74, 6) is -0.0809. The molecule has 0 radical (unpaired) electrons. The number of ether oxygens (including phenoxy) is 1. The fourth-order valence-corrected chi connectivity index (χ4v) is 2.86. The molecule has 3 rings (SSSR count). The summed E-state index contributed by atoms with van der Waals surface area (Å²) in [5, 5.41) is 9.32. The van der Waals surface area contributed by atoms with Gasteiger partial charge in [-0.05, 0) is 12.1 Å². The molecule has 0 bridgehead atoms. The summed E-state index contributed by atoms with van der Waals surface area (Å²) in [6.07, 6.45) is 3.08. The molecule has 1 aromatic heterocycles. The molecule has 0 aromatic carbocycles. The van der Waals surface area contributed by atoms with E-state index in [-0.39, 0.29) is 17.4 Å². The van der Waals surface area contributed by atoms with Crippen molar-refractivity contribution < 1.29 is 18.7 Å². The minimum absolute atomic E-state index is 0.118. The maximum absolute atomic E-state index is 12.4. The molecule has 0 atom stereocenters. The van der Waals surface area contributed by atoms with Crippen LogP contribution in [0, 0.1) is 11.3 Å². The molecule has 8 nitrogen and oxygen atoms in total. The van der Waals surface area contributed by atoms with Crippen molar-refractivity contribution in [3.63, 3.8) is 0 Å². The van der Waals surface area contributed by atoms with Crippen LogP contribution in [0.5, 0.6) is 0 Å². The molecule has 2 fully saturated rings. The van der Waals surface area contributed by atoms with Crippen molar-refractivity contribution in [1.29, 1.82) is 5.26 Å². The Kier molecular flexibility index (Phi) is 5.36. The van der Waals surface area contributed by atoms with Crippen molar-refractivity contribution in [1.82, 2.24) is 14.7 Å². The van der Waals surface area contributed by atoms with Crippen LogP contribution in [0.1, 0.15) is 10.6 Å². The number of rotatable bonds is 3. The quantitative estimate of drug-likeness (QED) is 0.579. The number of morpholine rings is 1. The fraction of sp³-hybridized carbons (Fsp3) is 0.471. The standard InChI is InChI=1S/C17H20N4O4/c18-12-14(16(22)21-7-10-24-11-8-21)13-19-3-5-20(6-4-19)17(23)15-2-1-9-25-15/h1-2,9,13H,3-8,10-11H2/b14-13-. The normalized spacial score (nSPS) is 18.8. The van der Waals surface area contributed by atoms with E-state index in [2.05, 4.69) is 0 Å². The summed E-state index contributed by atoms with van der Waals surface area (Å²) in [6.45, 7) is 4.16. The van der Waals surface area contributed by atoms with Gasteiger partial charge in [-0.1, -0.05) is 0 Å². The topological polar surface area (TPSA) is 90.0 Å². The number of hydrogen-bond donors (Lipinski definition) is 0. The zero-order chi connectivity index (χ0) is 17.6. The summed E-state index contributed by atoms with van der Waals surface area (Å²) in [6, 6.07) is 5.32. The summed E-state index contributed by atoms with van der Waals surface area (Å²) >= 11 is 0. The summed E-state index contributed by atoms with van der Waals surface area (Å²) in [5.41, 5.74) is 0.118. The number of nitriles is 1. The third-order valence-corrected chi connectivity index (χ3v) is 4.29. The van der Waals surface area contributed by atoms with Gasteiger partial charge in [0.1, 0.15) is 11.6 Å². The highest BCUT2D eigenvalue weighted by molar-refractivity contribution is 5.97. The predicted molar refractivity (Wildman–Crippen MR) is 87.3 cm³/mol. The van der Waals surface area contributed by atoms with E-state index in [1.54, 1.807) is 28.1 Å². The van der Waals surface area contributed by atoms with Crippen LogP contribution >= 0.6 is 0 Å². The minimum Gasteiger partial charge on any atom is -0.459 e. The highest BCUT2D eigenvalue weighted by Crippen LogP contribution is 2.12. The Balaban J connectivity index is 1.57. The number of piperazine rings is 1. The predicted octanol–water partition coefficient (Wildman–Crippen LogP) is 0.304. The van der Waals surface area contributed by atoms with E-state index in [0.717, 1.165) is 0 Å². The Hall–Kier alpha value is -2.79. The fourth-order valence-electron chi connectivity index (χ4n) is 2.86. The molecule has 2 aliphatic heterocycles. The lowest BCUT2D eigenvalue weighted by atomic mass is 10.2. The van der Waals surface area contributed by atoms with Crippen molar-refractivity contribution in [2.24, 2.45) is 0 Å². The van der Waals surface area contributed by atoms with Crippen LogP contribution in [0.2, 0.25) is 0 Å². The van der Waals surface area contributed by atoms with Gasteiger partial charge in [0, 0.05) is 45.5 Å². The molecule has 2 saturated heterocycles. The number of amides is 2. The maximum atomic E-state index is 12.4. The largest absolute Gasteiger partial charge is 0.459 e. The van der Waals surface area contributed by atoms with Gasteiger partial charge in [0.05, 0.1) is 19.5 Å². The number of furan rings is 1. The first-order valence-electron chi connectivity index (χ1n) is 8.25. The summed E-state index contributed by atoms with van der Waals surface area (Å²) in [4.78, 5) is 29.9. The third-order valence-electron chi connectivity index (χ3n) is 4.29. The van der Waals surface area contributed by atoms with Crippen LogP contribution in [-0.4, -0.2) is 79.0 Å². The van der Waals surface area contributed by atoms with Gasteiger partial charge in [-0.3, -0.25) is 9.59 Å². The highest BCUT2D eigenvalue weighted by Gasteiger charge is 2.25. The van der Waals surface area contributed by atoms with Crippen LogP contribution in [0.4, 0.5) is 0 Å². The van der Waals surface area contributed by atoms with Gasteiger partial charge in [0.2, 0.25) is 0 Å². The third kappa shape index (κ3) is 4.00. The zero-order valence-corrected chi connectivity index (χ0v) is 13.9. The Bertz CT molecular complexity index is 678. The molecule has 0 unspecified atom stereocenters. The van der Waals surface area contributed by atoms with Crippen molar-refractivity contribution >= 4 is 11.8 Å². The highest BCUT2D eigenvalue weighted by atomic mass is 16.5. The second-order valence-electron chi connectivity index (χ2n) is 5.86. The van der Waals surface area contributed by atoms with Crippen molar-refractivity contribution in [2.45, 2.75) is 0 Å². The first kappa shape index (κ1) is 17.0. The molecule has 0 N–H and O–H groups in total. The van der Waals surface area contributed by atoms with Gasteiger partial charge in [-0.15, -0.1) is 0 Å². The lowest BCUT2D eigenvalue weighted by Gasteiger charge is -2.34. The average Bonchev–Trinajstić information content (AvgIpc) is 3.21. The van der Waals surface area contributed by atoms with E-state index < -0.39 is 0 Å². The lowest BCUT2D eigenvalue weighted by Crippen LogP contribution is -2.47. The summed E-state index contributed by atoms with van der Waals surface area (Å²) < 4.78 is 10.4. The Morgan fingerprint density at radius 3 is 2.40 bits per heavy atom. The van der Waals surface area contributed by atoms with Gasteiger partial charge in [-0.2, -0.15) is 5.26 Å². The molecule has 3 heterocycles. The maximum Gasteiger partial charge on any atom is 0.289 e. The van der Waals surface area contributed by atoms with E-state index in [1.807, 2.05) is 11.0 Å². The van der Waals surface area contributed by atoms with Gasteiger partial charge in [0.15, 0.2) is 5.76 Å². The van der Waals surface area contributed by atoms with E-state index in [0.29, 0.717) is 58.2 Å². The first-order valence-corrected chi connectivity index (χ1v) is 8.25. The first-order chi connectivity index (χ1) is 12.2. The molecule has 132 valence electrons. The van der Waals surface area contributed by atoms with Gasteiger partial charge >= 0.3 is 0 Å². The molecule has 0 saturated carbocycles. The number of carbonyl (C=O) groups excluding carboxylic acids is 2. The van der Waals surface area contributed by atoms with E-state index >= 15 is 0 Å². The molecule has 2 aliphatic rings. The Labute approximate surface area is 145 Å². The van der Waals surface area contributed by atoms with E-state index in [1.165, 1.54) is 6.26 Å². The van der Waals surface area contributed by atoms with Crippen LogP contribution in [0.15, 0.2) is 34.6 Å².